The maximum Gasteiger partial charge on any atom is 0.178 e. The average molecular weight is 439 g/mol. The quantitative estimate of drug-likeness (QED) is 0.643. The Morgan fingerprint density at radius 2 is 2.00 bits per heavy atom. The van der Waals surface area contributed by atoms with E-state index in [4.69, 9.17) is 0 Å². The van der Waals surface area contributed by atoms with E-state index in [-0.39, 0.29) is 23.9 Å². The first-order chi connectivity index (χ1) is 13.6. The molecule has 4 aliphatic rings. The highest BCUT2D eigenvalue weighted by molar-refractivity contribution is 8.19. The van der Waals surface area contributed by atoms with Crippen LogP contribution in [-0.4, -0.2) is 44.5 Å². The van der Waals surface area contributed by atoms with Crippen molar-refractivity contribution < 1.29 is 19.1 Å². The van der Waals surface area contributed by atoms with E-state index < -0.39 is 32.6 Å². The number of thioether (sulfide) groups is 2. The number of alkyl halides is 1. The summed E-state index contributed by atoms with van der Waals surface area (Å²) in [5.41, 5.74) is -2.51. The molecule has 6 heteroatoms. The minimum Gasteiger partial charge on any atom is -0.390 e. The summed E-state index contributed by atoms with van der Waals surface area (Å²) < 4.78 is 16.4. The number of rotatable bonds is 4. The molecule has 3 saturated carbocycles. The van der Waals surface area contributed by atoms with E-state index in [1.165, 1.54) is 6.08 Å². The molecule has 0 amide bonds. The van der Waals surface area contributed by atoms with Gasteiger partial charge in [0.1, 0.15) is 4.08 Å². The zero-order valence-corrected chi connectivity index (χ0v) is 19.3. The van der Waals surface area contributed by atoms with Crippen molar-refractivity contribution in [3.63, 3.8) is 0 Å². The van der Waals surface area contributed by atoms with Crippen molar-refractivity contribution in [3.8, 4) is 0 Å². The predicted octanol–water partition coefficient (Wildman–Crippen LogP) is 4.74. The molecule has 4 rings (SSSR count). The van der Waals surface area contributed by atoms with E-state index >= 15 is 4.39 Å². The molecule has 0 heterocycles. The number of halogens is 1. The molecule has 29 heavy (non-hydrogen) atoms. The zero-order chi connectivity index (χ0) is 21.2. The topological polar surface area (TPSA) is 54.4 Å². The number of hydrogen-bond acceptors (Lipinski definition) is 5. The molecule has 0 spiro atoms. The van der Waals surface area contributed by atoms with E-state index in [1.54, 1.807) is 35.7 Å². The maximum atomic E-state index is 17.0. The summed E-state index contributed by atoms with van der Waals surface area (Å²) in [7, 11) is 0. The van der Waals surface area contributed by atoms with Gasteiger partial charge in [0.15, 0.2) is 17.2 Å². The van der Waals surface area contributed by atoms with Crippen LogP contribution in [0.4, 0.5) is 4.39 Å². The van der Waals surface area contributed by atoms with Crippen molar-refractivity contribution in [3.05, 3.63) is 23.8 Å². The van der Waals surface area contributed by atoms with Crippen LogP contribution in [-0.2, 0) is 9.59 Å². The van der Waals surface area contributed by atoms with Gasteiger partial charge in [0.2, 0.25) is 0 Å². The van der Waals surface area contributed by atoms with Crippen molar-refractivity contribution in [2.45, 2.75) is 68.7 Å². The van der Waals surface area contributed by atoms with Crippen molar-refractivity contribution in [2.24, 2.45) is 22.7 Å². The van der Waals surface area contributed by atoms with Crippen LogP contribution >= 0.6 is 23.5 Å². The highest BCUT2D eigenvalue weighted by Crippen LogP contribution is 2.72. The first kappa shape index (κ1) is 21.6. The molecule has 1 N–H and O–H groups in total. The summed E-state index contributed by atoms with van der Waals surface area (Å²) in [6, 6.07) is 0. The summed E-state index contributed by atoms with van der Waals surface area (Å²) in [5, 5.41) is 11.3. The number of aliphatic hydroxyl groups is 1. The van der Waals surface area contributed by atoms with E-state index in [9.17, 15) is 14.7 Å². The number of ketones is 2. The number of allylic oxidation sites excluding steroid dienone is 4. The molecule has 0 aromatic heterocycles. The minimum absolute atomic E-state index is 0.0930. The molecule has 0 aliphatic heterocycles. The molecule has 0 saturated heterocycles. The van der Waals surface area contributed by atoms with Gasteiger partial charge in [-0.25, -0.2) is 4.39 Å². The third-order valence-electron chi connectivity index (χ3n) is 8.35. The first-order valence-electron chi connectivity index (χ1n) is 10.6. The fourth-order valence-corrected chi connectivity index (χ4v) is 9.90. The molecule has 3 fully saturated rings. The SMILES string of the molecule is CCCS[C@]1(SC)C(=O)C[C@H]2[C@@H]3CCC4=CC(=O)C=C[C@]4(C)[C@@]3(F)[C@@H](O)C[C@@]21C. The fourth-order valence-electron chi connectivity index (χ4n) is 6.87. The van der Waals surface area contributed by atoms with Gasteiger partial charge in [-0.2, -0.15) is 0 Å². The lowest BCUT2D eigenvalue weighted by Crippen LogP contribution is -2.67. The fraction of sp³-hybridized carbons (Fsp3) is 0.739. The smallest absolute Gasteiger partial charge is 0.178 e. The maximum absolute atomic E-state index is 17.0. The van der Waals surface area contributed by atoms with Crippen molar-refractivity contribution in [1.29, 1.82) is 0 Å². The number of Topliss-reactive ketones (excluding diaryl/α,β-unsaturated/α-hetero) is 1. The van der Waals surface area contributed by atoms with Crippen LogP contribution in [0.5, 0.6) is 0 Å². The number of fused-ring (bicyclic) bond motifs is 5. The number of aliphatic hydroxyl groups excluding tert-OH is 1. The van der Waals surface area contributed by atoms with Crippen LogP contribution in [0, 0.1) is 22.7 Å². The third kappa shape index (κ3) is 2.54. The zero-order valence-electron chi connectivity index (χ0n) is 17.7. The monoisotopic (exact) mass is 438 g/mol. The van der Waals surface area contributed by atoms with Gasteiger partial charge >= 0.3 is 0 Å². The second-order valence-electron chi connectivity index (χ2n) is 9.56. The molecular formula is C23H31FO3S2. The minimum atomic E-state index is -1.86. The van der Waals surface area contributed by atoms with Crippen LogP contribution < -0.4 is 0 Å². The van der Waals surface area contributed by atoms with Crippen molar-refractivity contribution in [2.75, 3.05) is 12.0 Å². The standard InChI is InChI=1S/C23H31FO3S2/c1-5-10-29-23(28-4)18(26)12-17-16-7-6-14-11-15(25)8-9-20(14,2)22(16,24)19(27)13-21(17,23)3/h8-9,11,16-17,19,27H,5-7,10,12-13H2,1-4H3/t16-,17-,19-,20-,21-,22-,23+/m0/s1. The predicted molar refractivity (Wildman–Crippen MR) is 118 cm³/mol. The van der Waals surface area contributed by atoms with Crippen LogP contribution in [0.25, 0.3) is 0 Å². The van der Waals surface area contributed by atoms with Gasteiger partial charge in [-0.1, -0.05) is 25.5 Å². The number of carbonyl (C=O) groups excluding carboxylic acids is 2. The highest BCUT2D eigenvalue weighted by Gasteiger charge is 2.75. The van der Waals surface area contributed by atoms with Crippen LogP contribution in [0.15, 0.2) is 23.8 Å². The van der Waals surface area contributed by atoms with Crippen molar-refractivity contribution in [1.82, 2.24) is 0 Å². The summed E-state index contributed by atoms with van der Waals surface area (Å²) >= 11 is 3.28. The Balaban J connectivity index is 1.81. The summed E-state index contributed by atoms with van der Waals surface area (Å²) in [6.07, 6.45) is 8.34. The van der Waals surface area contributed by atoms with E-state index in [1.807, 2.05) is 13.2 Å². The summed E-state index contributed by atoms with van der Waals surface area (Å²) in [6.45, 7) is 6.04. The molecule has 0 aromatic carbocycles. The van der Waals surface area contributed by atoms with Crippen molar-refractivity contribution >= 4 is 35.1 Å². The second kappa shape index (κ2) is 6.96. The van der Waals surface area contributed by atoms with Gasteiger partial charge < -0.3 is 5.11 Å². The Morgan fingerprint density at radius 1 is 1.28 bits per heavy atom. The lowest BCUT2D eigenvalue weighted by molar-refractivity contribution is -0.189. The van der Waals surface area contributed by atoms with Gasteiger partial charge in [0, 0.05) is 23.2 Å². The van der Waals surface area contributed by atoms with Crippen LogP contribution in [0.3, 0.4) is 0 Å². The lowest BCUT2D eigenvalue weighted by atomic mass is 9.46. The normalized spacial score (nSPS) is 48.8. The Morgan fingerprint density at radius 3 is 2.66 bits per heavy atom. The molecule has 160 valence electrons. The Labute approximate surface area is 181 Å². The molecule has 3 nitrogen and oxygen atoms in total. The van der Waals surface area contributed by atoms with Gasteiger partial charge in [0.25, 0.3) is 0 Å². The second-order valence-corrected chi connectivity index (χ2v) is 12.1. The average Bonchev–Trinajstić information content (AvgIpc) is 2.89. The molecule has 0 bridgehead atoms. The van der Waals surface area contributed by atoms with Crippen LogP contribution in [0.1, 0.15) is 52.9 Å². The van der Waals surface area contributed by atoms with Gasteiger partial charge in [-0.15, -0.1) is 23.5 Å². The van der Waals surface area contributed by atoms with Crippen LogP contribution in [0.2, 0.25) is 0 Å². The van der Waals surface area contributed by atoms with Gasteiger partial charge in [-0.05, 0) is 62.7 Å². The Bertz CT molecular complexity index is 810. The van der Waals surface area contributed by atoms with Gasteiger partial charge in [0.05, 0.1) is 6.10 Å². The molecule has 0 aromatic rings. The van der Waals surface area contributed by atoms with E-state index in [0.717, 1.165) is 17.7 Å². The molecule has 0 unspecified atom stereocenters. The van der Waals surface area contributed by atoms with E-state index in [2.05, 4.69) is 13.8 Å². The lowest BCUT2D eigenvalue weighted by Gasteiger charge is -2.62. The van der Waals surface area contributed by atoms with E-state index in [0.29, 0.717) is 19.3 Å². The summed E-state index contributed by atoms with van der Waals surface area (Å²) in [5.74, 6) is 0.490. The molecule has 7 atom stereocenters. The third-order valence-corrected chi connectivity index (χ3v) is 12.2. The molecular weight excluding hydrogens is 407 g/mol. The number of carbonyl (C=O) groups is 2. The van der Waals surface area contributed by atoms with Gasteiger partial charge in [-0.3, -0.25) is 9.59 Å². The first-order valence-corrected chi connectivity index (χ1v) is 12.9. The number of hydrogen-bond donors (Lipinski definition) is 1. The Kier molecular flexibility index (Phi) is 5.19. The molecule has 0 radical (unpaired) electrons. The Hall–Kier alpha value is -0.590. The highest BCUT2D eigenvalue weighted by atomic mass is 32.2. The molecule has 4 aliphatic carbocycles. The summed E-state index contributed by atoms with van der Waals surface area (Å²) in [4.78, 5) is 25.3. The largest absolute Gasteiger partial charge is 0.390 e.